The fourth-order valence-electron chi connectivity index (χ4n) is 3.28. The van der Waals surface area contributed by atoms with Crippen LogP contribution in [-0.2, 0) is 19.9 Å². The highest BCUT2D eigenvalue weighted by Gasteiger charge is 2.14. The van der Waals surface area contributed by atoms with Gasteiger partial charge in [0.25, 0.3) is 5.56 Å². The van der Waals surface area contributed by atoms with E-state index < -0.39 is 0 Å². The lowest BCUT2D eigenvalue weighted by Crippen LogP contribution is -2.21. The zero-order chi connectivity index (χ0) is 18.3. The van der Waals surface area contributed by atoms with Crippen LogP contribution in [0.15, 0.2) is 47.4 Å². The molecule has 0 N–H and O–H groups in total. The number of halogens is 1. The minimum Gasteiger partial charge on any atom is -0.267 e. The number of thiophene rings is 1. The number of benzene rings is 1. The monoisotopic (exact) mass is 399 g/mol. The lowest BCUT2D eigenvalue weighted by molar-refractivity contribution is 0.606. The molecule has 0 saturated heterocycles. The van der Waals surface area contributed by atoms with Crippen molar-refractivity contribution in [2.45, 2.75) is 26.7 Å². The Labute approximate surface area is 168 Å². The quantitative estimate of drug-likeness (QED) is 0.497. The number of pyridine rings is 1. The van der Waals surface area contributed by atoms with Crippen LogP contribution in [0.1, 0.15) is 30.0 Å². The van der Waals surface area contributed by atoms with Crippen molar-refractivity contribution in [1.82, 2.24) is 14.8 Å². The highest BCUT2D eigenvalue weighted by molar-refractivity contribution is 7.19. The molecule has 3 heterocycles. The standard InChI is InChI=1S/C21H21N3OS.ClH/c1-13(2)8-19-20-17(21(25)24(3)23-19)11-16(26-20)10-14-9-15-6-4-5-7-18(15)22-12-14;/h4-7,9,11-13H,8,10H2,1-3H3;1H. The fourth-order valence-corrected chi connectivity index (χ4v) is 4.46. The van der Waals surface area contributed by atoms with Crippen molar-refractivity contribution in [2.24, 2.45) is 13.0 Å². The van der Waals surface area contributed by atoms with Crippen molar-refractivity contribution < 1.29 is 0 Å². The number of aromatic nitrogens is 3. The third-order valence-electron chi connectivity index (χ3n) is 4.47. The zero-order valence-corrected chi connectivity index (χ0v) is 17.2. The fraction of sp³-hybridized carbons (Fsp3) is 0.286. The number of hydrogen-bond acceptors (Lipinski definition) is 4. The second-order valence-corrected chi connectivity index (χ2v) is 8.28. The molecule has 0 spiro atoms. The number of aryl methyl sites for hydroxylation is 1. The summed E-state index contributed by atoms with van der Waals surface area (Å²) in [7, 11) is 1.73. The summed E-state index contributed by atoms with van der Waals surface area (Å²) in [5.74, 6) is 0.499. The molecule has 1 aromatic carbocycles. The van der Waals surface area contributed by atoms with Crippen LogP contribution in [-0.4, -0.2) is 14.8 Å². The summed E-state index contributed by atoms with van der Waals surface area (Å²) in [5.41, 5.74) is 3.16. The maximum Gasteiger partial charge on any atom is 0.275 e. The van der Waals surface area contributed by atoms with Crippen molar-refractivity contribution in [2.75, 3.05) is 0 Å². The van der Waals surface area contributed by atoms with Gasteiger partial charge in [0.1, 0.15) is 0 Å². The molecule has 0 radical (unpaired) electrons. The highest BCUT2D eigenvalue weighted by Crippen LogP contribution is 2.29. The largest absolute Gasteiger partial charge is 0.275 e. The number of nitrogens with zero attached hydrogens (tertiary/aromatic N) is 3. The molecule has 0 aliphatic rings. The Bertz CT molecular complexity index is 1160. The Morgan fingerprint density at radius 2 is 1.96 bits per heavy atom. The summed E-state index contributed by atoms with van der Waals surface area (Å²) in [6.07, 6.45) is 3.58. The minimum atomic E-state index is -0.0216. The summed E-state index contributed by atoms with van der Waals surface area (Å²) in [4.78, 5) is 18.2. The van der Waals surface area contributed by atoms with Crippen molar-refractivity contribution >= 4 is 44.7 Å². The van der Waals surface area contributed by atoms with Crippen LogP contribution in [0, 0.1) is 5.92 Å². The summed E-state index contributed by atoms with van der Waals surface area (Å²) in [5, 5.41) is 6.43. The molecule has 0 aliphatic heterocycles. The Balaban J connectivity index is 0.00000210. The number of rotatable bonds is 4. The molecule has 3 aromatic heterocycles. The van der Waals surface area contributed by atoms with Gasteiger partial charge in [-0.2, -0.15) is 5.10 Å². The lowest BCUT2D eigenvalue weighted by Gasteiger charge is -2.06. The van der Waals surface area contributed by atoms with Gasteiger partial charge in [0.15, 0.2) is 0 Å². The Hall–Kier alpha value is -2.24. The highest BCUT2D eigenvalue weighted by atomic mass is 35.5. The molecule has 4 rings (SSSR count). The molecular formula is C21H22ClN3OS. The molecule has 140 valence electrons. The van der Waals surface area contributed by atoms with E-state index in [1.165, 1.54) is 9.56 Å². The SMILES string of the molecule is CC(C)Cc1nn(C)c(=O)c2cc(Cc3cnc4ccccc4c3)sc12.Cl. The molecule has 0 amide bonds. The van der Waals surface area contributed by atoms with Crippen molar-refractivity contribution in [3.8, 4) is 0 Å². The molecule has 27 heavy (non-hydrogen) atoms. The van der Waals surface area contributed by atoms with Crippen molar-refractivity contribution in [3.05, 3.63) is 69.1 Å². The second kappa shape index (κ2) is 7.79. The van der Waals surface area contributed by atoms with Gasteiger partial charge in [0, 0.05) is 29.9 Å². The van der Waals surface area contributed by atoms with Gasteiger partial charge >= 0.3 is 0 Å². The maximum atomic E-state index is 12.5. The Morgan fingerprint density at radius 3 is 2.74 bits per heavy atom. The van der Waals surface area contributed by atoms with Crippen LogP contribution >= 0.6 is 23.7 Å². The van der Waals surface area contributed by atoms with Gasteiger partial charge in [0.2, 0.25) is 0 Å². The molecule has 0 unspecified atom stereocenters. The molecule has 4 nitrogen and oxygen atoms in total. The van der Waals surface area contributed by atoms with E-state index in [0.717, 1.165) is 45.1 Å². The molecule has 4 aromatic rings. The van der Waals surface area contributed by atoms with Crippen LogP contribution < -0.4 is 5.56 Å². The number of hydrogen-bond donors (Lipinski definition) is 0. The second-order valence-electron chi connectivity index (χ2n) is 7.14. The minimum absolute atomic E-state index is 0. The van der Waals surface area contributed by atoms with Gasteiger partial charge in [-0.05, 0) is 36.1 Å². The lowest BCUT2D eigenvalue weighted by atomic mass is 10.1. The third-order valence-corrected chi connectivity index (χ3v) is 5.65. The van der Waals surface area contributed by atoms with E-state index in [9.17, 15) is 4.79 Å². The maximum absolute atomic E-state index is 12.5. The first-order valence-corrected chi connectivity index (χ1v) is 9.65. The predicted molar refractivity (Wildman–Crippen MR) is 115 cm³/mol. The van der Waals surface area contributed by atoms with Crippen molar-refractivity contribution in [3.63, 3.8) is 0 Å². The first kappa shape index (κ1) is 19.5. The van der Waals surface area contributed by atoms with Gasteiger partial charge in [0.05, 0.1) is 21.3 Å². The van der Waals surface area contributed by atoms with E-state index in [1.807, 2.05) is 30.5 Å². The number of fused-ring (bicyclic) bond motifs is 2. The van der Waals surface area contributed by atoms with Gasteiger partial charge < -0.3 is 0 Å². The van der Waals surface area contributed by atoms with Crippen molar-refractivity contribution in [1.29, 1.82) is 0 Å². The number of para-hydroxylation sites is 1. The van der Waals surface area contributed by atoms with Crippen LogP contribution in [0.2, 0.25) is 0 Å². The zero-order valence-electron chi connectivity index (χ0n) is 15.6. The summed E-state index contributed by atoms with van der Waals surface area (Å²) < 4.78 is 2.50. The third kappa shape index (κ3) is 3.89. The normalized spacial score (nSPS) is 11.3. The summed E-state index contributed by atoms with van der Waals surface area (Å²) in [6.45, 7) is 4.35. The van der Waals surface area contributed by atoms with Gasteiger partial charge in [-0.3, -0.25) is 9.78 Å². The average Bonchev–Trinajstić information content (AvgIpc) is 3.03. The van der Waals surface area contributed by atoms with E-state index >= 15 is 0 Å². The van der Waals surface area contributed by atoms with E-state index in [4.69, 9.17) is 0 Å². The van der Waals surface area contributed by atoms with Crippen LogP contribution in [0.25, 0.3) is 21.0 Å². The smallest absolute Gasteiger partial charge is 0.267 e. The predicted octanol–water partition coefficient (Wildman–Crippen LogP) is 4.75. The van der Waals surface area contributed by atoms with E-state index in [1.54, 1.807) is 18.4 Å². The summed E-state index contributed by atoms with van der Waals surface area (Å²) in [6, 6.07) is 12.3. The molecule has 6 heteroatoms. The van der Waals surface area contributed by atoms with Gasteiger partial charge in [-0.25, -0.2) is 4.68 Å². The molecule has 0 aliphatic carbocycles. The van der Waals surface area contributed by atoms with Crippen LogP contribution in [0.4, 0.5) is 0 Å². The Morgan fingerprint density at radius 1 is 1.19 bits per heavy atom. The van der Waals surface area contributed by atoms with E-state index in [-0.39, 0.29) is 18.0 Å². The molecule has 0 saturated carbocycles. The molecule has 0 atom stereocenters. The van der Waals surface area contributed by atoms with Gasteiger partial charge in [-0.15, -0.1) is 23.7 Å². The van der Waals surface area contributed by atoms with Crippen LogP contribution in [0.3, 0.4) is 0 Å². The molecule has 0 fully saturated rings. The first-order valence-electron chi connectivity index (χ1n) is 8.83. The van der Waals surface area contributed by atoms with E-state index in [0.29, 0.717) is 5.92 Å². The first-order chi connectivity index (χ1) is 12.5. The summed E-state index contributed by atoms with van der Waals surface area (Å²) >= 11 is 1.69. The topological polar surface area (TPSA) is 47.8 Å². The van der Waals surface area contributed by atoms with E-state index in [2.05, 4.69) is 36.1 Å². The van der Waals surface area contributed by atoms with Gasteiger partial charge in [-0.1, -0.05) is 32.0 Å². The average molecular weight is 400 g/mol. The van der Waals surface area contributed by atoms with Crippen LogP contribution in [0.5, 0.6) is 0 Å². The molecular weight excluding hydrogens is 378 g/mol. The molecule has 0 bridgehead atoms. The Kier molecular flexibility index (Phi) is 5.63.